The van der Waals surface area contributed by atoms with Crippen LogP contribution < -0.4 is 10.1 Å². The molecule has 2 heterocycles. The number of nitrogens with one attached hydrogen (secondary N) is 1. The van der Waals surface area contributed by atoms with Gasteiger partial charge in [-0.05, 0) is 30.5 Å². The van der Waals surface area contributed by atoms with Crippen LogP contribution in [0.5, 0.6) is 5.75 Å². The third kappa shape index (κ3) is 3.27. The quantitative estimate of drug-likeness (QED) is 0.887. The number of nitrogens with zero attached hydrogens (tertiary/aromatic N) is 2. The lowest BCUT2D eigenvalue weighted by Gasteiger charge is -2.23. The molecule has 0 aliphatic carbocycles. The highest BCUT2D eigenvalue weighted by atomic mass is 16.5. The lowest BCUT2D eigenvalue weighted by atomic mass is 10.00. The van der Waals surface area contributed by atoms with Gasteiger partial charge in [0.05, 0.1) is 12.9 Å². The van der Waals surface area contributed by atoms with E-state index in [0.717, 1.165) is 31.7 Å². The molecule has 1 aliphatic heterocycles. The number of hydrogen-bond acceptors (Lipinski definition) is 3. The molecule has 0 fully saturated rings. The molecular weight excluding hydrogens is 262 g/mol. The Morgan fingerprint density at radius 2 is 2.33 bits per heavy atom. The Kier molecular flexibility index (Phi) is 4.25. The number of fused-ring (bicyclic) bond motifs is 1. The molecule has 1 N–H and O–H groups in total. The molecule has 2 aromatic rings. The maximum atomic E-state index is 5.59. The fourth-order valence-electron chi connectivity index (χ4n) is 2.98. The van der Waals surface area contributed by atoms with Gasteiger partial charge >= 0.3 is 0 Å². The summed E-state index contributed by atoms with van der Waals surface area (Å²) in [5.74, 6) is 1.06. The summed E-state index contributed by atoms with van der Waals surface area (Å²) in [6.45, 7) is 6.20. The van der Waals surface area contributed by atoms with Crippen molar-refractivity contribution < 1.29 is 4.74 Å². The van der Waals surface area contributed by atoms with Gasteiger partial charge in [-0.3, -0.25) is 0 Å². The summed E-state index contributed by atoms with van der Waals surface area (Å²) in [6.07, 6.45) is 7.81. The van der Waals surface area contributed by atoms with Crippen molar-refractivity contribution in [3.05, 3.63) is 48.0 Å². The van der Waals surface area contributed by atoms with Crippen molar-refractivity contribution in [2.45, 2.75) is 45.3 Å². The van der Waals surface area contributed by atoms with E-state index in [2.05, 4.69) is 46.9 Å². The second-order valence-corrected chi connectivity index (χ2v) is 5.75. The summed E-state index contributed by atoms with van der Waals surface area (Å²) in [5.41, 5.74) is 2.70. The topological polar surface area (TPSA) is 39.1 Å². The smallest absolute Gasteiger partial charge is 0.122 e. The first-order valence-electron chi connectivity index (χ1n) is 7.73. The largest absolute Gasteiger partial charge is 0.493 e. The van der Waals surface area contributed by atoms with Crippen LogP contribution in [-0.4, -0.2) is 22.2 Å². The van der Waals surface area contributed by atoms with E-state index >= 15 is 0 Å². The first-order chi connectivity index (χ1) is 10.3. The third-order valence-electron chi connectivity index (χ3n) is 4.05. The van der Waals surface area contributed by atoms with Crippen LogP contribution in [0.4, 0.5) is 0 Å². The number of hydrogen-bond donors (Lipinski definition) is 1. The molecule has 4 heteroatoms. The molecule has 3 rings (SSSR count). The molecule has 2 atom stereocenters. The molecule has 0 bridgehead atoms. The van der Waals surface area contributed by atoms with Gasteiger partial charge in [-0.15, -0.1) is 0 Å². The van der Waals surface area contributed by atoms with Gasteiger partial charge in [0.25, 0.3) is 0 Å². The Morgan fingerprint density at radius 1 is 1.43 bits per heavy atom. The molecule has 4 nitrogen and oxygen atoms in total. The summed E-state index contributed by atoms with van der Waals surface area (Å²) in [5, 5.41) is 3.72. The fraction of sp³-hybridized carbons (Fsp3) is 0.471. The van der Waals surface area contributed by atoms with Crippen LogP contribution in [0.2, 0.25) is 0 Å². The molecule has 112 valence electrons. The minimum absolute atomic E-state index is 0.384. The molecule has 1 aromatic heterocycles. The number of benzene rings is 1. The van der Waals surface area contributed by atoms with Crippen LogP contribution in [0.25, 0.3) is 0 Å². The zero-order chi connectivity index (χ0) is 14.7. The van der Waals surface area contributed by atoms with E-state index in [4.69, 9.17) is 4.74 Å². The molecule has 0 radical (unpaired) electrons. The zero-order valence-electron chi connectivity index (χ0n) is 12.7. The van der Waals surface area contributed by atoms with E-state index in [1.165, 1.54) is 11.1 Å². The minimum Gasteiger partial charge on any atom is -0.493 e. The Bertz CT molecular complexity index is 580. The van der Waals surface area contributed by atoms with Crippen LogP contribution in [0.15, 0.2) is 36.9 Å². The average Bonchev–Trinajstić information content (AvgIpc) is 3.14. The van der Waals surface area contributed by atoms with Crippen molar-refractivity contribution in [2.24, 2.45) is 0 Å². The molecule has 2 unspecified atom stereocenters. The van der Waals surface area contributed by atoms with Crippen LogP contribution >= 0.6 is 0 Å². The minimum atomic E-state index is 0.384. The maximum Gasteiger partial charge on any atom is 0.122 e. The molecule has 21 heavy (non-hydrogen) atoms. The summed E-state index contributed by atoms with van der Waals surface area (Å²) >= 11 is 0. The Balaban J connectivity index is 1.67. The highest BCUT2D eigenvalue weighted by Crippen LogP contribution is 2.29. The molecule has 0 saturated carbocycles. The Morgan fingerprint density at radius 3 is 3.10 bits per heavy atom. The lowest BCUT2D eigenvalue weighted by molar-refractivity contribution is 0.356. The fourth-order valence-corrected chi connectivity index (χ4v) is 2.98. The number of imidazole rings is 1. The highest BCUT2D eigenvalue weighted by molar-refractivity contribution is 5.40. The van der Waals surface area contributed by atoms with Crippen molar-refractivity contribution in [1.29, 1.82) is 0 Å². The van der Waals surface area contributed by atoms with Crippen LogP contribution in [0.1, 0.15) is 37.4 Å². The average molecular weight is 285 g/mol. The van der Waals surface area contributed by atoms with Crippen molar-refractivity contribution in [3.8, 4) is 5.75 Å². The predicted molar refractivity (Wildman–Crippen MR) is 83.5 cm³/mol. The third-order valence-corrected chi connectivity index (χ3v) is 4.05. The van der Waals surface area contributed by atoms with E-state index in [1.807, 2.05) is 18.7 Å². The van der Waals surface area contributed by atoms with Gasteiger partial charge < -0.3 is 14.6 Å². The lowest BCUT2D eigenvalue weighted by Crippen LogP contribution is -2.33. The zero-order valence-corrected chi connectivity index (χ0v) is 12.7. The summed E-state index contributed by atoms with van der Waals surface area (Å²) in [7, 11) is 0. The van der Waals surface area contributed by atoms with Gasteiger partial charge in [0.15, 0.2) is 0 Å². The molecule has 1 aromatic carbocycles. The SMILES string of the molecule is CCC(NC(C)Cn1ccnc1)c1ccc2c(c1)CCO2. The van der Waals surface area contributed by atoms with Gasteiger partial charge in [-0.2, -0.15) is 0 Å². The second-order valence-electron chi connectivity index (χ2n) is 5.75. The molecule has 1 aliphatic rings. The first-order valence-corrected chi connectivity index (χ1v) is 7.73. The summed E-state index contributed by atoms with van der Waals surface area (Å²) in [6, 6.07) is 7.38. The van der Waals surface area contributed by atoms with E-state index in [1.54, 1.807) is 0 Å². The van der Waals surface area contributed by atoms with E-state index in [-0.39, 0.29) is 0 Å². The van der Waals surface area contributed by atoms with E-state index in [9.17, 15) is 0 Å². The van der Waals surface area contributed by atoms with Crippen molar-refractivity contribution in [1.82, 2.24) is 14.9 Å². The van der Waals surface area contributed by atoms with Gasteiger partial charge in [0.2, 0.25) is 0 Å². The second kappa shape index (κ2) is 6.31. The molecular formula is C17H23N3O. The highest BCUT2D eigenvalue weighted by Gasteiger charge is 2.17. The van der Waals surface area contributed by atoms with E-state index in [0.29, 0.717) is 12.1 Å². The Labute approximate surface area is 126 Å². The normalized spacial score (nSPS) is 16.3. The van der Waals surface area contributed by atoms with Crippen molar-refractivity contribution >= 4 is 0 Å². The Hall–Kier alpha value is -1.81. The predicted octanol–water partition coefficient (Wildman–Crippen LogP) is 2.95. The van der Waals surface area contributed by atoms with Gasteiger partial charge in [0, 0.05) is 37.4 Å². The molecule has 0 amide bonds. The van der Waals surface area contributed by atoms with Crippen LogP contribution in [0, 0.1) is 0 Å². The number of rotatable bonds is 6. The maximum absolute atomic E-state index is 5.59. The summed E-state index contributed by atoms with van der Waals surface area (Å²) < 4.78 is 7.70. The first kappa shape index (κ1) is 14.1. The van der Waals surface area contributed by atoms with E-state index < -0.39 is 0 Å². The van der Waals surface area contributed by atoms with Gasteiger partial charge in [-0.25, -0.2) is 4.98 Å². The number of ether oxygens (including phenoxy) is 1. The summed E-state index contributed by atoms with van der Waals surface area (Å²) in [4.78, 5) is 4.09. The molecule has 0 spiro atoms. The van der Waals surface area contributed by atoms with Gasteiger partial charge in [0.1, 0.15) is 5.75 Å². The molecule has 0 saturated heterocycles. The standard InChI is InChI=1S/C17H23N3O/c1-3-16(19-13(2)11-20-8-7-18-12-20)14-4-5-17-15(10-14)6-9-21-17/h4-5,7-8,10,12-13,16,19H,3,6,9,11H2,1-2H3. The van der Waals surface area contributed by atoms with Crippen LogP contribution in [-0.2, 0) is 13.0 Å². The number of aromatic nitrogens is 2. The van der Waals surface area contributed by atoms with Crippen molar-refractivity contribution in [2.75, 3.05) is 6.61 Å². The van der Waals surface area contributed by atoms with Crippen molar-refractivity contribution in [3.63, 3.8) is 0 Å². The van der Waals surface area contributed by atoms with Gasteiger partial charge in [-0.1, -0.05) is 19.1 Å². The monoisotopic (exact) mass is 285 g/mol. The van der Waals surface area contributed by atoms with Crippen LogP contribution in [0.3, 0.4) is 0 Å².